The third kappa shape index (κ3) is 10.1. The monoisotopic (exact) mass is 546 g/mol. The summed E-state index contributed by atoms with van der Waals surface area (Å²) in [5.41, 5.74) is 5.27. The van der Waals surface area contributed by atoms with Crippen LogP contribution < -0.4 is 16.0 Å². The molecule has 3 aromatic heterocycles. The Hall–Kier alpha value is -3.15. The molecular formula is C34H54N6. The Morgan fingerprint density at radius 1 is 0.675 bits per heavy atom. The molecule has 0 saturated carbocycles. The molecule has 0 aliphatic carbocycles. The maximum absolute atomic E-state index is 4.60. The molecule has 6 heterocycles. The number of rotatable bonds is 2. The molecule has 0 amide bonds. The van der Waals surface area contributed by atoms with Gasteiger partial charge in [-0.25, -0.2) is 15.0 Å². The molecule has 1 atom stereocenters. The zero-order valence-corrected chi connectivity index (χ0v) is 26.3. The number of aromatic nitrogens is 3. The number of anilines is 3. The molecule has 40 heavy (non-hydrogen) atoms. The number of fused-ring (bicyclic) bond motifs is 3. The molecule has 0 saturated heterocycles. The molecule has 3 aromatic rings. The number of nitrogens with zero attached hydrogens (tertiary/aromatic N) is 3. The standard InChI is InChI=1S/2C11H16N2.C8H10N2.2C2H6/c2*1-8(2)10-6-5-9-4-3-7-12-11(9)13-10;1-3-7-4-2-6-10-8(7)9-5-1;2*1-2/h5-6,8H,3-4,7H2,1-2H3,(H,12,13);3-4,7-8,10H,5-6H2,1-2H3,(H,12,13);1,3,5H,2,4,6H2,(H,9,10);2*1-2H3. The van der Waals surface area contributed by atoms with E-state index < -0.39 is 0 Å². The van der Waals surface area contributed by atoms with Crippen LogP contribution in [0, 0.1) is 5.92 Å². The minimum atomic E-state index is 0.522. The molecule has 220 valence electrons. The van der Waals surface area contributed by atoms with Crippen LogP contribution in [-0.4, -0.2) is 34.1 Å². The molecule has 1 unspecified atom stereocenters. The Morgan fingerprint density at radius 3 is 1.80 bits per heavy atom. The number of hydrogen-bond acceptors (Lipinski definition) is 6. The van der Waals surface area contributed by atoms with Crippen LogP contribution in [-0.2, 0) is 19.3 Å². The van der Waals surface area contributed by atoms with Crippen molar-refractivity contribution < 1.29 is 0 Å². The minimum Gasteiger partial charge on any atom is -0.370 e. The van der Waals surface area contributed by atoms with Gasteiger partial charge in [0.25, 0.3) is 0 Å². The summed E-state index contributed by atoms with van der Waals surface area (Å²) in [5.74, 6) is 4.49. The first kappa shape index (κ1) is 33.1. The second-order valence-electron chi connectivity index (χ2n) is 10.5. The predicted molar refractivity (Wildman–Crippen MR) is 174 cm³/mol. The second-order valence-corrected chi connectivity index (χ2v) is 10.5. The molecule has 3 aliphatic heterocycles. The average molecular weight is 547 g/mol. The summed E-state index contributed by atoms with van der Waals surface area (Å²) in [5, 5.41) is 10.1. The third-order valence-electron chi connectivity index (χ3n) is 7.06. The average Bonchev–Trinajstić information content (AvgIpc) is 3.03. The topological polar surface area (TPSA) is 74.8 Å². The van der Waals surface area contributed by atoms with Gasteiger partial charge >= 0.3 is 0 Å². The van der Waals surface area contributed by atoms with Crippen LogP contribution in [0.1, 0.15) is 103 Å². The fraction of sp³-hybridized carbons (Fsp3) is 0.559. The zero-order valence-electron chi connectivity index (χ0n) is 26.3. The molecular weight excluding hydrogens is 492 g/mol. The van der Waals surface area contributed by atoms with Gasteiger partial charge in [-0.05, 0) is 85.3 Å². The van der Waals surface area contributed by atoms with E-state index in [1.54, 1.807) is 0 Å². The van der Waals surface area contributed by atoms with E-state index in [1.807, 2.05) is 52.2 Å². The summed E-state index contributed by atoms with van der Waals surface area (Å²) < 4.78 is 0. The van der Waals surface area contributed by atoms with Crippen molar-refractivity contribution in [2.45, 2.75) is 106 Å². The summed E-state index contributed by atoms with van der Waals surface area (Å²) in [6.07, 6.45) is 10.9. The van der Waals surface area contributed by atoms with Crippen LogP contribution in [0.4, 0.5) is 17.5 Å². The summed E-state index contributed by atoms with van der Waals surface area (Å²) in [6, 6.07) is 13.3. The van der Waals surface area contributed by atoms with Gasteiger partial charge in [-0.15, -0.1) is 0 Å². The molecule has 0 aromatic carbocycles. The van der Waals surface area contributed by atoms with Crippen molar-refractivity contribution in [1.29, 1.82) is 0 Å². The van der Waals surface area contributed by atoms with Crippen LogP contribution in [0.15, 0.2) is 48.8 Å². The summed E-state index contributed by atoms with van der Waals surface area (Å²) >= 11 is 0. The molecule has 6 nitrogen and oxygen atoms in total. The van der Waals surface area contributed by atoms with Gasteiger partial charge in [-0.1, -0.05) is 73.6 Å². The highest BCUT2D eigenvalue weighted by Gasteiger charge is 2.20. The summed E-state index contributed by atoms with van der Waals surface area (Å²) in [6.45, 7) is 19.0. The van der Waals surface area contributed by atoms with Crippen molar-refractivity contribution in [1.82, 2.24) is 15.0 Å². The zero-order chi connectivity index (χ0) is 29.3. The van der Waals surface area contributed by atoms with Crippen molar-refractivity contribution in [3.05, 3.63) is 71.2 Å². The molecule has 0 bridgehead atoms. The fourth-order valence-electron chi connectivity index (χ4n) is 4.78. The van der Waals surface area contributed by atoms with Gasteiger partial charge in [0.2, 0.25) is 0 Å². The van der Waals surface area contributed by atoms with E-state index in [9.17, 15) is 0 Å². The van der Waals surface area contributed by atoms with Crippen molar-refractivity contribution in [2.24, 2.45) is 5.92 Å². The molecule has 6 rings (SSSR count). The van der Waals surface area contributed by atoms with Gasteiger partial charge < -0.3 is 16.0 Å². The lowest BCUT2D eigenvalue weighted by molar-refractivity contribution is 0.480. The predicted octanol–water partition coefficient (Wildman–Crippen LogP) is 8.52. The van der Waals surface area contributed by atoms with Gasteiger partial charge in [-0.3, -0.25) is 0 Å². The number of nitrogens with one attached hydrogen (secondary N) is 3. The van der Waals surface area contributed by atoms with E-state index in [-0.39, 0.29) is 0 Å². The first-order valence-electron chi connectivity index (χ1n) is 15.6. The van der Waals surface area contributed by atoms with E-state index in [2.05, 4.69) is 82.9 Å². The van der Waals surface area contributed by atoms with E-state index in [4.69, 9.17) is 0 Å². The van der Waals surface area contributed by atoms with E-state index in [1.165, 1.54) is 60.9 Å². The van der Waals surface area contributed by atoms with Crippen molar-refractivity contribution in [2.75, 3.05) is 29.0 Å². The van der Waals surface area contributed by atoms with Gasteiger partial charge in [0.1, 0.15) is 17.5 Å². The summed E-state index contributed by atoms with van der Waals surface area (Å²) in [4.78, 5) is 13.2. The second kappa shape index (κ2) is 18.2. The lowest BCUT2D eigenvalue weighted by Crippen LogP contribution is -2.30. The maximum atomic E-state index is 4.60. The van der Waals surface area contributed by atoms with E-state index in [0.717, 1.165) is 30.5 Å². The smallest absolute Gasteiger partial charge is 0.129 e. The maximum Gasteiger partial charge on any atom is 0.129 e. The van der Waals surface area contributed by atoms with Crippen molar-refractivity contribution in [3.63, 3.8) is 0 Å². The molecule has 0 radical (unpaired) electrons. The van der Waals surface area contributed by atoms with Crippen LogP contribution in [0.5, 0.6) is 0 Å². The highest BCUT2D eigenvalue weighted by atomic mass is 15.0. The van der Waals surface area contributed by atoms with E-state index >= 15 is 0 Å². The van der Waals surface area contributed by atoms with Crippen molar-refractivity contribution in [3.8, 4) is 0 Å². The van der Waals surface area contributed by atoms with Crippen LogP contribution in [0.2, 0.25) is 0 Å². The number of hydrogen-bond donors (Lipinski definition) is 3. The van der Waals surface area contributed by atoms with Gasteiger partial charge in [0.15, 0.2) is 0 Å². The fourth-order valence-corrected chi connectivity index (χ4v) is 4.78. The van der Waals surface area contributed by atoms with Gasteiger partial charge in [0.05, 0.1) is 0 Å². The lowest BCUT2D eigenvalue weighted by Gasteiger charge is -2.28. The first-order chi connectivity index (χ1) is 19.5. The molecule has 3 aliphatic rings. The quantitative estimate of drug-likeness (QED) is 0.299. The van der Waals surface area contributed by atoms with Crippen LogP contribution >= 0.6 is 0 Å². The first-order valence-corrected chi connectivity index (χ1v) is 15.6. The number of aryl methyl sites for hydroxylation is 3. The number of pyridine rings is 3. The van der Waals surface area contributed by atoms with E-state index in [0.29, 0.717) is 17.9 Å². The lowest BCUT2D eigenvalue weighted by atomic mass is 9.93. The molecule has 0 spiro atoms. The van der Waals surface area contributed by atoms with Crippen molar-refractivity contribution >= 4 is 17.5 Å². The minimum absolute atomic E-state index is 0.522. The van der Waals surface area contributed by atoms with Crippen LogP contribution in [0.3, 0.4) is 0 Å². The molecule has 6 heteroatoms. The highest BCUT2D eigenvalue weighted by Crippen LogP contribution is 2.25. The molecule has 0 fully saturated rings. The normalized spacial score (nSPS) is 16.0. The largest absolute Gasteiger partial charge is 0.370 e. The molecule has 3 N–H and O–H groups in total. The Morgan fingerprint density at radius 2 is 1.23 bits per heavy atom. The van der Waals surface area contributed by atoms with Gasteiger partial charge in [-0.2, -0.15) is 0 Å². The highest BCUT2D eigenvalue weighted by molar-refractivity contribution is 5.48. The Bertz CT molecular complexity index is 1090. The SMILES string of the molecule is CC.CC.CC(C)C1CCc2cccnc2N1.CC(C)c1ccc2c(n1)NCCC2.c1cnc2c(c1)CCCN2. The summed E-state index contributed by atoms with van der Waals surface area (Å²) in [7, 11) is 0. The Labute approximate surface area is 244 Å². The Kier molecular flexibility index (Phi) is 15.1. The van der Waals surface area contributed by atoms with Crippen LogP contribution in [0.25, 0.3) is 0 Å². The Balaban J connectivity index is 0.000000199. The van der Waals surface area contributed by atoms with Gasteiger partial charge in [0, 0.05) is 37.2 Å². The third-order valence-corrected chi connectivity index (χ3v) is 7.06.